The quantitative estimate of drug-likeness (QED) is 0.841. The fraction of sp³-hybridized carbons (Fsp3) is 0.571. The molecule has 1 aliphatic heterocycles. The van der Waals surface area contributed by atoms with Gasteiger partial charge in [-0.1, -0.05) is 18.2 Å². The van der Waals surface area contributed by atoms with Crippen molar-refractivity contribution in [2.75, 3.05) is 18.0 Å². The summed E-state index contributed by atoms with van der Waals surface area (Å²) >= 11 is 0. The lowest BCUT2D eigenvalue weighted by Crippen LogP contribution is -2.20. The number of benzene rings is 1. The van der Waals surface area contributed by atoms with Gasteiger partial charge in [0.2, 0.25) is 0 Å². The zero-order valence-electron chi connectivity index (χ0n) is 10.2. The van der Waals surface area contributed by atoms with Crippen LogP contribution in [0.25, 0.3) is 0 Å². The van der Waals surface area contributed by atoms with Crippen molar-refractivity contribution in [3.05, 3.63) is 29.8 Å². The molecule has 1 saturated heterocycles. The molecule has 1 aromatic rings. The molecule has 1 aromatic carbocycles. The number of anilines is 1. The summed E-state index contributed by atoms with van der Waals surface area (Å²) in [5.41, 5.74) is 8.72. The minimum absolute atomic E-state index is 0.298. The largest absolute Gasteiger partial charge is 0.371 e. The van der Waals surface area contributed by atoms with Gasteiger partial charge in [0, 0.05) is 24.8 Å². The normalized spacial score (nSPS) is 17.8. The minimum Gasteiger partial charge on any atom is -0.371 e. The number of aryl methyl sites for hydroxylation is 1. The Morgan fingerprint density at radius 1 is 1.25 bits per heavy atom. The van der Waals surface area contributed by atoms with Crippen LogP contribution in [0.15, 0.2) is 24.3 Å². The summed E-state index contributed by atoms with van der Waals surface area (Å²) < 4.78 is 0. The van der Waals surface area contributed by atoms with Gasteiger partial charge in [-0.05, 0) is 44.2 Å². The zero-order valence-corrected chi connectivity index (χ0v) is 10.2. The van der Waals surface area contributed by atoms with Gasteiger partial charge in [-0.3, -0.25) is 0 Å². The van der Waals surface area contributed by atoms with Crippen molar-refractivity contribution in [3.8, 4) is 0 Å². The van der Waals surface area contributed by atoms with Crippen LogP contribution in [-0.4, -0.2) is 19.1 Å². The Morgan fingerprint density at radius 3 is 2.62 bits per heavy atom. The number of rotatable bonds is 4. The van der Waals surface area contributed by atoms with Crippen LogP contribution in [0.4, 0.5) is 5.69 Å². The van der Waals surface area contributed by atoms with Gasteiger partial charge in [0.05, 0.1) is 0 Å². The molecule has 1 fully saturated rings. The summed E-state index contributed by atoms with van der Waals surface area (Å²) in [6.07, 6.45) is 4.85. The topological polar surface area (TPSA) is 29.3 Å². The molecule has 0 radical (unpaired) electrons. The van der Waals surface area contributed by atoms with Crippen LogP contribution < -0.4 is 10.6 Å². The molecule has 2 nitrogen and oxygen atoms in total. The van der Waals surface area contributed by atoms with Crippen molar-refractivity contribution in [2.45, 2.75) is 38.6 Å². The van der Waals surface area contributed by atoms with Crippen LogP contribution in [0.2, 0.25) is 0 Å². The van der Waals surface area contributed by atoms with Gasteiger partial charge < -0.3 is 10.6 Å². The summed E-state index contributed by atoms with van der Waals surface area (Å²) in [6, 6.07) is 9.07. The molecule has 2 rings (SSSR count). The molecule has 88 valence electrons. The number of nitrogens with zero attached hydrogens (tertiary/aromatic N) is 1. The number of para-hydroxylation sites is 1. The average Bonchev–Trinajstić information content (AvgIpc) is 2.80. The van der Waals surface area contributed by atoms with E-state index in [4.69, 9.17) is 5.73 Å². The standard InChI is InChI=1S/C14H22N2/c1-12(15)8-9-13-6-2-3-7-14(13)16-10-4-5-11-16/h2-3,6-7,12H,4-5,8-11,15H2,1H3/t12-/m1/s1. The third kappa shape index (κ3) is 2.76. The summed E-state index contributed by atoms with van der Waals surface area (Å²) in [5, 5.41) is 0. The predicted molar refractivity (Wildman–Crippen MR) is 69.9 cm³/mol. The lowest BCUT2D eigenvalue weighted by Gasteiger charge is -2.21. The van der Waals surface area contributed by atoms with E-state index in [1.54, 1.807) is 0 Å². The molecule has 1 atom stereocenters. The third-order valence-electron chi connectivity index (χ3n) is 3.31. The molecule has 2 heteroatoms. The van der Waals surface area contributed by atoms with Crippen LogP contribution in [-0.2, 0) is 6.42 Å². The predicted octanol–water partition coefficient (Wildman–Crippen LogP) is 2.57. The van der Waals surface area contributed by atoms with Crippen molar-refractivity contribution in [1.29, 1.82) is 0 Å². The van der Waals surface area contributed by atoms with E-state index in [0.29, 0.717) is 6.04 Å². The number of hydrogen-bond acceptors (Lipinski definition) is 2. The van der Waals surface area contributed by atoms with Crippen LogP contribution in [0.3, 0.4) is 0 Å². The molecule has 1 aliphatic rings. The molecular formula is C14H22N2. The van der Waals surface area contributed by atoms with Gasteiger partial charge in [-0.2, -0.15) is 0 Å². The highest BCUT2D eigenvalue weighted by molar-refractivity contribution is 5.54. The second kappa shape index (κ2) is 5.35. The van der Waals surface area contributed by atoms with E-state index in [2.05, 4.69) is 36.1 Å². The Bertz CT molecular complexity index is 327. The molecule has 0 bridgehead atoms. The van der Waals surface area contributed by atoms with Gasteiger partial charge in [-0.15, -0.1) is 0 Å². The lowest BCUT2D eigenvalue weighted by atomic mass is 10.0. The van der Waals surface area contributed by atoms with Crippen LogP contribution in [0.5, 0.6) is 0 Å². The molecular weight excluding hydrogens is 196 g/mol. The van der Waals surface area contributed by atoms with Crippen molar-refractivity contribution < 1.29 is 0 Å². The highest BCUT2D eigenvalue weighted by atomic mass is 15.1. The summed E-state index contributed by atoms with van der Waals surface area (Å²) in [5.74, 6) is 0. The first kappa shape index (κ1) is 11.5. The molecule has 16 heavy (non-hydrogen) atoms. The zero-order chi connectivity index (χ0) is 11.4. The van der Waals surface area contributed by atoms with Gasteiger partial charge in [0.25, 0.3) is 0 Å². The molecule has 2 N–H and O–H groups in total. The second-order valence-corrected chi connectivity index (χ2v) is 4.84. The number of hydrogen-bond donors (Lipinski definition) is 1. The van der Waals surface area contributed by atoms with E-state index in [9.17, 15) is 0 Å². The molecule has 1 heterocycles. The first-order valence-corrected chi connectivity index (χ1v) is 6.36. The summed E-state index contributed by atoms with van der Waals surface area (Å²) in [4.78, 5) is 2.51. The monoisotopic (exact) mass is 218 g/mol. The Kier molecular flexibility index (Phi) is 3.83. The Hall–Kier alpha value is -1.02. The minimum atomic E-state index is 0.298. The summed E-state index contributed by atoms with van der Waals surface area (Å²) in [6.45, 7) is 4.52. The Labute approximate surface area is 98.4 Å². The van der Waals surface area contributed by atoms with E-state index >= 15 is 0 Å². The maximum Gasteiger partial charge on any atom is 0.0398 e. The molecule has 0 aromatic heterocycles. The highest BCUT2D eigenvalue weighted by Crippen LogP contribution is 2.25. The maximum atomic E-state index is 5.83. The molecule has 0 aliphatic carbocycles. The lowest BCUT2D eigenvalue weighted by molar-refractivity contribution is 0.665. The maximum absolute atomic E-state index is 5.83. The Balaban J connectivity index is 2.10. The van der Waals surface area contributed by atoms with Crippen molar-refractivity contribution >= 4 is 5.69 Å². The van der Waals surface area contributed by atoms with E-state index in [1.165, 1.54) is 37.2 Å². The molecule has 0 spiro atoms. The first-order valence-electron chi connectivity index (χ1n) is 6.36. The molecule has 0 saturated carbocycles. The number of nitrogens with two attached hydrogens (primary N) is 1. The fourth-order valence-electron chi connectivity index (χ4n) is 2.37. The highest BCUT2D eigenvalue weighted by Gasteiger charge is 2.14. The van der Waals surface area contributed by atoms with E-state index in [-0.39, 0.29) is 0 Å². The smallest absolute Gasteiger partial charge is 0.0398 e. The molecule has 0 amide bonds. The van der Waals surface area contributed by atoms with Gasteiger partial charge >= 0.3 is 0 Å². The average molecular weight is 218 g/mol. The van der Waals surface area contributed by atoms with E-state index in [0.717, 1.165) is 12.8 Å². The van der Waals surface area contributed by atoms with Crippen molar-refractivity contribution in [1.82, 2.24) is 0 Å². The van der Waals surface area contributed by atoms with Crippen LogP contribution >= 0.6 is 0 Å². The van der Waals surface area contributed by atoms with E-state index < -0.39 is 0 Å². The fourth-order valence-corrected chi connectivity index (χ4v) is 2.37. The first-order chi connectivity index (χ1) is 7.77. The van der Waals surface area contributed by atoms with Gasteiger partial charge in [-0.25, -0.2) is 0 Å². The van der Waals surface area contributed by atoms with Crippen LogP contribution in [0.1, 0.15) is 31.7 Å². The SMILES string of the molecule is C[C@@H](N)CCc1ccccc1N1CCCC1. The molecule has 0 unspecified atom stereocenters. The van der Waals surface area contributed by atoms with Gasteiger partial charge in [0.1, 0.15) is 0 Å². The van der Waals surface area contributed by atoms with Crippen LogP contribution in [0, 0.1) is 0 Å². The third-order valence-corrected chi connectivity index (χ3v) is 3.31. The van der Waals surface area contributed by atoms with Crippen molar-refractivity contribution in [3.63, 3.8) is 0 Å². The Morgan fingerprint density at radius 2 is 1.94 bits per heavy atom. The second-order valence-electron chi connectivity index (χ2n) is 4.84. The summed E-state index contributed by atoms with van der Waals surface area (Å²) in [7, 11) is 0. The van der Waals surface area contributed by atoms with E-state index in [1.807, 2.05) is 0 Å². The van der Waals surface area contributed by atoms with Crippen molar-refractivity contribution in [2.24, 2.45) is 5.73 Å². The van der Waals surface area contributed by atoms with Gasteiger partial charge in [0.15, 0.2) is 0 Å².